The molecule has 1 aliphatic rings. The number of hydrogen-bond acceptors (Lipinski definition) is 3. The van der Waals surface area contributed by atoms with Crippen molar-refractivity contribution in [1.29, 1.82) is 0 Å². The molecule has 0 saturated heterocycles. The molecule has 18 heavy (non-hydrogen) atoms. The van der Waals surface area contributed by atoms with E-state index >= 15 is 0 Å². The van der Waals surface area contributed by atoms with Crippen LogP contribution in [0, 0.1) is 0 Å². The fourth-order valence-electron chi connectivity index (χ4n) is 2.10. The van der Waals surface area contributed by atoms with Gasteiger partial charge in [0.1, 0.15) is 0 Å². The van der Waals surface area contributed by atoms with Crippen molar-refractivity contribution in [3.63, 3.8) is 0 Å². The maximum absolute atomic E-state index is 11.6. The minimum absolute atomic E-state index is 0.0634. The van der Waals surface area contributed by atoms with E-state index in [1.54, 1.807) is 0 Å². The van der Waals surface area contributed by atoms with Crippen LogP contribution >= 0.6 is 0 Å². The van der Waals surface area contributed by atoms with E-state index in [0.717, 1.165) is 6.42 Å². The van der Waals surface area contributed by atoms with Crippen molar-refractivity contribution in [3.05, 3.63) is 35.4 Å². The molecule has 1 N–H and O–H groups in total. The van der Waals surface area contributed by atoms with E-state index in [1.807, 2.05) is 25.1 Å². The molecule has 5 heteroatoms. The highest BCUT2D eigenvalue weighted by Crippen LogP contribution is 2.19. The van der Waals surface area contributed by atoms with Gasteiger partial charge >= 0.3 is 0 Å². The van der Waals surface area contributed by atoms with Crippen LogP contribution in [-0.2, 0) is 27.8 Å². The number of sulfonamides is 1. The van der Waals surface area contributed by atoms with Crippen LogP contribution in [0.5, 0.6) is 0 Å². The molecule has 1 unspecified atom stereocenters. The molecule has 0 spiro atoms. The lowest BCUT2D eigenvalue weighted by atomic mass is 9.99. The van der Waals surface area contributed by atoms with Crippen molar-refractivity contribution in [2.45, 2.75) is 32.5 Å². The Kier molecular flexibility index (Phi) is 4.37. The van der Waals surface area contributed by atoms with Gasteiger partial charge in [0.05, 0.1) is 18.5 Å². The van der Waals surface area contributed by atoms with Gasteiger partial charge in [0.2, 0.25) is 10.0 Å². The quantitative estimate of drug-likeness (QED) is 0.880. The maximum Gasteiger partial charge on any atom is 0.211 e. The zero-order valence-corrected chi connectivity index (χ0v) is 11.4. The van der Waals surface area contributed by atoms with Gasteiger partial charge in [0, 0.05) is 13.0 Å². The molecule has 0 aliphatic carbocycles. The van der Waals surface area contributed by atoms with Crippen molar-refractivity contribution < 1.29 is 13.2 Å². The van der Waals surface area contributed by atoms with E-state index in [0.29, 0.717) is 19.6 Å². The summed E-state index contributed by atoms with van der Waals surface area (Å²) >= 11 is 0. The summed E-state index contributed by atoms with van der Waals surface area (Å²) in [5.74, 6) is 0.177. The van der Waals surface area contributed by atoms with E-state index in [4.69, 9.17) is 4.74 Å². The van der Waals surface area contributed by atoms with Gasteiger partial charge < -0.3 is 4.74 Å². The van der Waals surface area contributed by atoms with Gasteiger partial charge in [-0.05, 0) is 17.5 Å². The second-order valence-corrected chi connectivity index (χ2v) is 6.50. The largest absolute Gasteiger partial charge is 0.372 e. The first-order chi connectivity index (χ1) is 8.61. The fraction of sp³-hybridized carbons (Fsp3) is 0.538. The molecule has 0 amide bonds. The summed E-state index contributed by atoms with van der Waals surface area (Å²) in [6.07, 6.45) is 1.33. The monoisotopic (exact) mass is 269 g/mol. The summed E-state index contributed by atoms with van der Waals surface area (Å²) in [6, 6.07) is 8.12. The predicted molar refractivity (Wildman–Crippen MR) is 70.8 cm³/mol. The molecule has 1 heterocycles. The van der Waals surface area contributed by atoms with Gasteiger partial charge in [-0.2, -0.15) is 0 Å². The molecular formula is C13H19NO3S. The minimum atomic E-state index is -3.14. The minimum Gasteiger partial charge on any atom is -0.372 e. The molecule has 1 aliphatic heterocycles. The van der Waals surface area contributed by atoms with Crippen LogP contribution in [0.3, 0.4) is 0 Å². The summed E-state index contributed by atoms with van der Waals surface area (Å²) in [7, 11) is -3.14. The molecule has 1 aromatic carbocycles. The summed E-state index contributed by atoms with van der Waals surface area (Å²) in [4.78, 5) is 0. The van der Waals surface area contributed by atoms with E-state index in [2.05, 4.69) is 10.8 Å². The zero-order valence-electron chi connectivity index (χ0n) is 10.6. The Bertz CT molecular complexity index is 499. The molecule has 2 rings (SSSR count). The second-order valence-electron chi connectivity index (χ2n) is 4.57. The molecule has 0 radical (unpaired) electrons. The first kappa shape index (κ1) is 13.5. The van der Waals surface area contributed by atoms with Gasteiger partial charge in [-0.1, -0.05) is 31.2 Å². The van der Waals surface area contributed by atoms with Gasteiger partial charge in [0.25, 0.3) is 0 Å². The molecule has 0 aromatic heterocycles. The fourth-order valence-corrected chi connectivity index (χ4v) is 3.22. The highest BCUT2D eigenvalue weighted by atomic mass is 32.2. The Morgan fingerprint density at radius 2 is 2.06 bits per heavy atom. The van der Waals surface area contributed by atoms with Crippen LogP contribution in [0.25, 0.3) is 0 Å². The number of ether oxygens (including phenoxy) is 1. The first-order valence-corrected chi connectivity index (χ1v) is 7.91. The summed E-state index contributed by atoms with van der Waals surface area (Å²) in [5, 5.41) is 0. The molecule has 100 valence electrons. The number of nitrogens with one attached hydrogen (secondary N) is 1. The second kappa shape index (κ2) is 5.82. The average molecular weight is 269 g/mol. The summed E-state index contributed by atoms with van der Waals surface area (Å²) < 4.78 is 31.4. The van der Waals surface area contributed by atoms with Crippen molar-refractivity contribution in [1.82, 2.24) is 4.72 Å². The van der Waals surface area contributed by atoms with E-state index in [1.165, 1.54) is 11.1 Å². The summed E-state index contributed by atoms with van der Waals surface area (Å²) in [5.41, 5.74) is 2.45. The predicted octanol–water partition coefficient (Wildman–Crippen LogP) is 1.46. The number of hydrogen-bond donors (Lipinski definition) is 1. The zero-order chi connectivity index (χ0) is 13.0. The molecular weight excluding hydrogens is 250 g/mol. The molecule has 0 saturated carbocycles. The normalized spacial score (nSPS) is 19.5. The van der Waals surface area contributed by atoms with Crippen molar-refractivity contribution in [2.75, 3.05) is 12.3 Å². The van der Waals surface area contributed by atoms with E-state index in [9.17, 15) is 8.42 Å². The van der Waals surface area contributed by atoms with Crippen molar-refractivity contribution in [2.24, 2.45) is 0 Å². The van der Waals surface area contributed by atoms with Crippen molar-refractivity contribution >= 4 is 10.0 Å². The summed E-state index contributed by atoms with van der Waals surface area (Å²) in [6.45, 7) is 2.78. The highest BCUT2D eigenvalue weighted by Gasteiger charge is 2.20. The van der Waals surface area contributed by atoms with E-state index < -0.39 is 10.0 Å². The lowest BCUT2D eigenvalue weighted by Crippen LogP contribution is -2.37. The van der Waals surface area contributed by atoms with Crippen LogP contribution < -0.4 is 4.72 Å². The number of rotatable bonds is 5. The van der Waals surface area contributed by atoms with Crippen LogP contribution in [0.15, 0.2) is 24.3 Å². The van der Waals surface area contributed by atoms with Gasteiger partial charge in [-0.25, -0.2) is 13.1 Å². The highest BCUT2D eigenvalue weighted by molar-refractivity contribution is 7.89. The van der Waals surface area contributed by atoms with Gasteiger partial charge in [-0.15, -0.1) is 0 Å². The number of fused-ring (bicyclic) bond motifs is 1. The topological polar surface area (TPSA) is 55.4 Å². The lowest BCUT2D eigenvalue weighted by molar-refractivity contribution is 0.0322. The van der Waals surface area contributed by atoms with Crippen molar-refractivity contribution in [3.8, 4) is 0 Å². The van der Waals surface area contributed by atoms with Crippen LogP contribution in [0.4, 0.5) is 0 Å². The molecule has 0 fully saturated rings. The third-order valence-electron chi connectivity index (χ3n) is 3.04. The third kappa shape index (κ3) is 3.54. The third-order valence-corrected chi connectivity index (χ3v) is 4.60. The van der Waals surface area contributed by atoms with Gasteiger partial charge in [-0.3, -0.25) is 0 Å². The lowest BCUT2D eigenvalue weighted by Gasteiger charge is -2.25. The Morgan fingerprint density at radius 1 is 1.33 bits per heavy atom. The van der Waals surface area contributed by atoms with Crippen LogP contribution in [-0.4, -0.2) is 26.8 Å². The molecule has 4 nitrogen and oxygen atoms in total. The maximum atomic E-state index is 11.6. The Hall–Kier alpha value is -0.910. The van der Waals surface area contributed by atoms with E-state index in [-0.39, 0.29) is 11.9 Å². The number of benzene rings is 1. The SMILES string of the molecule is CCCS(=O)(=O)NCC1Cc2ccccc2CO1. The Balaban J connectivity index is 1.91. The molecule has 0 bridgehead atoms. The van der Waals surface area contributed by atoms with Crippen LogP contribution in [0.2, 0.25) is 0 Å². The Labute approximate surface area is 108 Å². The molecule has 1 atom stereocenters. The molecule has 1 aromatic rings. The standard InChI is InChI=1S/C13H19NO3S/c1-2-7-18(15,16)14-9-13-8-11-5-3-4-6-12(11)10-17-13/h3-6,13-14H,2,7-10H2,1H3. The van der Waals surface area contributed by atoms with Crippen LogP contribution in [0.1, 0.15) is 24.5 Å². The average Bonchev–Trinajstić information content (AvgIpc) is 2.36. The Morgan fingerprint density at radius 3 is 2.78 bits per heavy atom. The first-order valence-electron chi connectivity index (χ1n) is 6.26. The van der Waals surface area contributed by atoms with Gasteiger partial charge in [0.15, 0.2) is 0 Å². The smallest absolute Gasteiger partial charge is 0.211 e.